The van der Waals surface area contributed by atoms with E-state index in [9.17, 15) is 0 Å². The van der Waals surface area contributed by atoms with Gasteiger partial charge in [0.05, 0.1) is 11.2 Å². The SMILES string of the molecule is Cc1cnc(-c2ccc3ccccc3c2)c2c1c(C)c(C)n2C1CC1. The molecule has 0 spiro atoms. The molecule has 0 radical (unpaired) electrons. The first-order chi connectivity index (χ1) is 12.1. The molecule has 2 heteroatoms. The minimum atomic E-state index is 0.652. The lowest BCUT2D eigenvalue weighted by molar-refractivity contribution is 0.745. The lowest BCUT2D eigenvalue weighted by atomic mass is 10.0. The Morgan fingerprint density at radius 1 is 0.960 bits per heavy atom. The third-order valence-corrected chi connectivity index (χ3v) is 5.70. The third-order valence-electron chi connectivity index (χ3n) is 5.70. The van der Waals surface area contributed by atoms with Gasteiger partial charge in [-0.2, -0.15) is 0 Å². The van der Waals surface area contributed by atoms with Gasteiger partial charge in [-0.15, -0.1) is 0 Å². The summed E-state index contributed by atoms with van der Waals surface area (Å²) in [7, 11) is 0. The van der Waals surface area contributed by atoms with Crippen LogP contribution >= 0.6 is 0 Å². The Bertz CT molecular complexity index is 1130. The molecule has 1 saturated carbocycles. The van der Waals surface area contributed by atoms with Crippen molar-refractivity contribution in [3.05, 3.63) is 65.5 Å². The Labute approximate surface area is 148 Å². The quantitative estimate of drug-likeness (QED) is 0.434. The summed E-state index contributed by atoms with van der Waals surface area (Å²) in [5, 5.41) is 3.94. The van der Waals surface area contributed by atoms with Crippen molar-refractivity contribution in [1.82, 2.24) is 9.55 Å². The maximum absolute atomic E-state index is 4.89. The van der Waals surface area contributed by atoms with Crippen molar-refractivity contribution in [2.75, 3.05) is 0 Å². The fraction of sp³-hybridized carbons (Fsp3) is 0.261. The van der Waals surface area contributed by atoms with Crippen LogP contribution in [0.5, 0.6) is 0 Å². The fourth-order valence-electron chi connectivity index (χ4n) is 4.17. The van der Waals surface area contributed by atoms with Gasteiger partial charge in [0.2, 0.25) is 0 Å². The monoisotopic (exact) mass is 326 g/mol. The zero-order valence-corrected chi connectivity index (χ0v) is 15.0. The van der Waals surface area contributed by atoms with Crippen molar-refractivity contribution in [2.45, 2.75) is 39.7 Å². The zero-order chi connectivity index (χ0) is 17.1. The van der Waals surface area contributed by atoms with Crippen molar-refractivity contribution in [3.63, 3.8) is 0 Å². The molecule has 0 aliphatic heterocycles. The summed E-state index contributed by atoms with van der Waals surface area (Å²) in [6, 6.07) is 15.9. The Balaban J connectivity index is 1.86. The van der Waals surface area contributed by atoms with Crippen LogP contribution in [-0.4, -0.2) is 9.55 Å². The van der Waals surface area contributed by atoms with E-state index in [4.69, 9.17) is 4.98 Å². The van der Waals surface area contributed by atoms with Crippen molar-refractivity contribution >= 4 is 21.7 Å². The standard InChI is InChI=1S/C23H22N2/c1-14-13-24-22(19-9-8-17-6-4-5-7-18(17)12-19)23-21(14)15(2)16(3)25(23)20-10-11-20/h4-9,12-13,20H,10-11H2,1-3H3. The number of benzene rings is 2. The number of hydrogen-bond acceptors (Lipinski definition) is 1. The molecule has 1 aliphatic carbocycles. The van der Waals surface area contributed by atoms with E-state index in [-0.39, 0.29) is 0 Å². The van der Waals surface area contributed by atoms with Gasteiger partial charge in [0.25, 0.3) is 0 Å². The molecular weight excluding hydrogens is 304 g/mol. The molecule has 25 heavy (non-hydrogen) atoms. The molecule has 0 atom stereocenters. The molecule has 5 rings (SSSR count). The highest BCUT2D eigenvalue weighted by molar-refractivity contribution is 5.99. The summed E-state index contributed by atoms with van der Waals surface area (Å²) in [6.45, 7) is 6.70. The third kappa shape index (κ3) is 2.13. The molecule has 0 saturated heterocycles. The van der Waals surface area contributed by atoms with E-state index in [1.807, 2.05) is 6.20 Å². The number of aryl methyl sites for hydroxylation is 2. The lowest BCUT2D eigenvalue weighted by Gasteiger charge is -2.12. The first-order valence-electron chi connectivity index (χ1n) is 9.11. The van der Waals surface area contributed by atoms with Gasteiger partial charge in [0.1, 0.15) is 0 Å². The number of rotatable bonds is 2. The second-order valence-corrected chi connectivity index (χ2v) is 7.39. The molecule has 0 amide bonds. The van der Waals surface area contributed by atoms with E-state index in [1.54, 1.807) is 0 Å². The number of fused-ring (bicyclic) bond motifs is 2. The van der Waals surface area contributed by atoms with E-state index in [0.717, 1.165) is 5.69 Å². The number of aromatic nitrogens is 2. The molecule has 0 bridgehead atoms. The topological polar surface area (TPSA) is 17.8 Å². The molecule has 2 nitrogen and oxygen atoms in total. The summed E-state index contributed by atoms with van der Waals surface area (Å²) < 4.78 is 2.55. The maximum Gasteiger partial charge on any atom is 0.0945 e. The molecular formula is C23H22N2. The predicted octanol–water partition coefficient (Wildman–Crippen LogP) is 6.12. The summed E-state index contributed by atoms with van der Waals surface area (Å²) in [4.78, 5) is 4.89. The molecule has 0 unspecified atom stereocenters. The average Bonchev–Trinajstić information content (AvgIpc) is 3.42. The lowest BCUT2D eigenvalue weighted by Crippen LogP contribution is -1.99. The summed E-state index contributed by atoms with van der Waals surface area (Å²) in [6.07, 6.45) is 4.61. The second-order valence-electron chi connectivity index (χ2n) is 7.39. The molecule has 2 aromatic heterocycles. The van der Waals surface area contributed by atoms with E-state index in [0.29, 0.717) is 6.04 Å². The van der Waals surface area contributed by atoms with E-state index >= 15 is 0 Å². The van der Waals surface area contributed by atoms with Gasteiger partial charge in [0, 0.05) is 28.9 Å². The molecule has 4 aromatic rings. The minimum absolute atomic E-state index is 0.652. The van der Waals surface area contributed by atoms with Crippen molar-refractivity contribution in [3.8, 4) is 11.3 Å². The Morgan fingerprint density at radius 3 is 2.48 bits per heavy atom. The van der Waals surface area contributed by atoms with E-state index in [2.05, 4.69) is 67.8 Å². The first-order valence-corrected chi connectivity index (χ1v) is 9.11. The molecule has 2 aromatic carbocycles. The summed E-state index contributed by atoms with van der Waals surface area (Å²) in [5.74, 6) is 0. The van der Waals surface area contributed by atoms with Crippen molar-refractivity contribution in [1.29, 1.82) is 0 Å². The van der Waals surface area contributed by atoms with Crippen LogP contribution < -0.4 is 0 Å². The number of hydrogen-bond donors (Lipinski definition) is 0. The van der Waals surface area contributed by atoms with E-state index in [1.165, 1.54) is 56.9 Å². The van der Waals surface area contributed by atoms with Crippen LogP contribution in [-0.2, 0) is 0 Å². The maximum atomic E-state index is 4.89. The van der Waals surface area contributed by atoms with Crippen LogP contribution in [0.15, 0.2) is 48.7 Å². The van der Waals surface area contributed by atoms with Crippen LogP contribution in [0.2, 0.25) is 0 Å². The molecule has 124 valence electrons. The highest BCUT2D eigenvalue weighted by Crippen LogP contribution is 2.44. The normalized spacial score (nSPS) is 14.5. The molecule has 0 N–H and O–H groups in total. The van der Waals surface area contributed by atoms with Crippen LogP contribution in [0.4, 0.5) is 0 Å². The molecule has 1 aliphatic rings. The Morgan fingerprint density at radius 2 is 1.72 bits per heavy atom. The van der Waals surface area contributed by atoms with Gasteiger partial charge in [0.15, 0.2) is 0 Å². The molecule has 1 fully saturated rings. The van der Waals surface area contributed by atoms with Gasteiger partial charge in [-0.3, -0.25) is 4.98 Å². The predicted molar refractivity (Wildman–Crippen MR) is 105 cm³/mol. The Hall–Kier alpha value is -2.61. The largest absolute Gasteiger partial charge is 0.340 e. The van der Waals surface area contributed by atoms with Gasteiger partial charge in [-0.05, 0) is 61.6 Å². The smallest absolute Gasteiger partial charge is 0.0945 e. The Kier molecular flexibility index (Phi) is 3.05. The van der Waals surface area contributed by atoms with Crippen LogP contribution in [0.25, 0.3) is 32.9 Å². The highest BCUT2D eigenvalue weighted by Gasteiger charge is 2.29. The van der Waals surface area contributed by atoms with Crippen LogP contribution in [0, 0.1) is 20.8 Å². The minimum Gasteiger partial charge on any atom is -0.340 e. The number of pyridine rings is 1. The van der Waals surface area contributed by atoms with Crippen molar-refractivity contribution < 1.29 is 0 Å². The fourth-order valence-corrected chi connectivity index (χ4v) is 4.17. The average molecular weight is 326 g/mol. The van der Waals surface area contributed by atoms with Gasteiger partial charge >= 0.3 is 0 Å². The van der Waals surface area contributed by atoms with Crippen LogP contribution in [0.3, 0.4) is 0 Å². The highest BCUT2D eigenvalue weighted by atomic mass is 15.1. The first kappa shape index (κ1) is 14.7. The number of nitrogens with zero attached hydrogens (tertiary/aromatic N) is 2. The molecule has 2 heterocycles. The second kappa shape index (κ2) is 5.19. The van der Waals surface area contributed by atoms with Crippen LogP contribution in [0.1, 0.15) is 35.7 Å². The van der Waals surface area contributed by atoms with Gasteiger partial charge < -0.3 is 4.57 Å². The van der Waals surface area contributed by atoms with Gasteiger partial charge in [-0.25, -0.2) is 0 Å². The summed E-state index contributed by atoms with van der Waals surface area (Å²) >= 11 is 0. The van der Waals surface area contributed by atoms with E-state index < -0.39 is 0 Å². The summed E-state index contributed by atoms with van der Waals surface area (Å²) in [5.41, 5.74) is 7.74. The van der Waals surface area contributed by atoms with Gasteiger partial charge in [-0.1, -0.05) is 36.4 Å². The van der Waals surface area contributed by atoms with Crippen molar-refractivity contribution in [2.24, 2.45) is 0 Å². The zero-order valence-electron chi connectivity index (χ0n) is 15.0.